The Morgan fingerprint density at radius 2 is 2.33 bits per heavy atom. The van der Waals surface area contributed by atoms with Gasteiger partial charge in [-0.25, -0.2) is 4.98 Å². The minimum atomic E-state index is 0.442. The second kappa shape index (κ2) is 3.55. The summed E-state index contributed by atoms with van der Waals surface area (Å²) in [6, 6.07) is 2.07. The van der Waals surface area contributed by atoms with Crippen LogP contribution in [-0.2, 0) is 0 Å². The molecule has 0 aromatic carbocycles. The van der Waals surface area contributed by atoms with Crippen LogP contribution in [-0.4, -0.2) is 12.1 Å². The minimum absolute atomic E-state index is 0.442. The van der Waals surface area contributed by atoms with Crippen LogP contribution in [0.15, 0.2) is 10.7 Å². The number of aryl methyl sites for hydroxylation is 1. The van der Waals surface area contributed by atoms with Crippen molar-refractivity contribution >= 4 is 15.9 Å². The highest BCUT2D eigenvalue weighted by Gasteiger charge is 2.09. The molecule has 1 heterocycles. The molecule has 0 atom stereocenters. The molecule has 0 bridgehead atoms. The van der Waals surface area contributed by atoms with Crippen LogP contribution in [0.1, 0.15) is 11.1 Å². The second-order valence-corrected chi connectivity index (χ2v) is 3.04. The molecule has 0 radical (unpaired) electrons. The predicted molar refractivity (Wildman–Crippen MR) is 47.9 cm³/mol. The molecule has 0 aliphatic rings. The maximum Gasteiger partial charge on any atom is 0.229 e. The monoisotopic (exact) mass is 226 g/mol. The van der Waals surface area contributed by atoms with E-state index < -0.39 is 0 Å². The Morgan fingerprint density at radius 1 is 1.67 bits per heavy atom. The van der Waals surface area contributed by atoms with E-state index in [0.29, 0.717) is 15.9 Å². The Morgan fingerprint density at radius 3 is 2.83 bits per heavy atom. The van der Waals surface area contributed by atoms with Crippen molar-refractivity contribution in [3.05, 3.63) is 21.8 Å². The molecule has 0 amide bonds. The van der Waals surface area contributed by atoms with Crippen molar-refractivity contribution in [3.63, 3.8) is 0 Å². The van der Waals surface area contributed by atoms with Crippen molar-refractivity contribution in [2.24, 2.45) is 0 Å². The van der Waals surface area contributed by atoms with E-state index in [0.717, 1.165) is 5.56 Å². The van der Waals surface area contributed by atoms with E-state index in [1.807, 2.05) is 6.92 Å². The van der Waals surface area contributed by atoms with Gasteiger partial charge < -0.3 is 4.74 Å². The third-order valence-corrected chi connectivity index (χ3v) is 2.22. The molecule has 1 aromatic heterocycles. The zero-order valence-corrected chi connectivity index (χ0v) is 8.34. The SMILES string of the molecule is COc1ncc(C)c(C#N)c1Br. The highest BCUT2D eigenvalue weighted by molar-refractivity contribution is 9.10. The van der Waals surface area contributed by atoms with E-state index in [1.54, 1.807) is 6.20 Å². The second-order valence-electron chi connectivity index (χ2n) is 2.25. The standard InChI is InChI=1S/C8H7BrN2O/c1-5-4-11-8(12-2)7(9)6(5)3-10/h4H,1-2H3. The van der Waals surface area contributed by atoms with Crippen LogP contribution in [0.25, 0.3) is 0 Å². The van der Waals surface area contributed by atoms with Gasteiger partial charge in [0.25, 0.3) is 0 Å². The first kappa shape index (κ1) is 9.01. The Labute approximate surface area is 79.1 Å². The molecular formula is C8H7BrN2O. The van der Waals surface area contributed by atoms with Gasteiger partial charge in [0.2, 0.25) is 5.88 Å². The van der Waals surface area contributed by atoms with Gasteiger partial charge in [-0.2, -0.15) is 5.26 Å². The number of nitriles is 1. The first-order valence-corrected chi connectivity index (χ1v) is 4.09. The van der Waals surface area contributed by atoms with Crippen molar-refractivity contribution in [2.75, 3.05) is 7.11 Å². The highest BCUT2D eigenvalue weighted by atomic mass is 79.9. The summed E-state index contributed by atoms with van der Waals surface area (Å²) in [5, 5.41) is 8.76. The van der Waals surface area contributed by atoms with Crippen molar-refractivity contribution in [1.82, 2.24) is 4.98 Å². The van der Waals surface area contributed by atoms with Crippen LogP contribution >= 0.6 is 15.9 Å². The quantitative estimate of drug-likeness (QED) is 0.737. The molecule has 0 spiro atoms. The molecule has 0 unspecified atom stereocenters. The first-order chi connectivity index (χ1) is 5.70. The lowest BCUT2D eigenvalue weighted by Crippen LogP contribution is -1.93. The summed E-state index contributed by atoms with van der Waals surface area (Å²) < 4.78 is 5.55. The Hall–Kier alpha value is -1.08. The van der Waals surface area contributed by atoms with Gasteiger partial charge in [0.15, 0.2) is 0 Å². The molecule has 0 fully saturated rings. The van der Waals surface area contributed by atoms with Gasteiger partial charge in [-0.15, -0.1) is 0 Å². The average molecular weight is 227 g/mol. The maximum atomic E-state index is 8.76. The van der Waals surface area contributed by atoms with Gasteiger partial charge in [-0.05, 0) is 28.4 Å². The number of ether oxygens (including phenoxy) is 1. The summed E-state index contributed by atoms with van der Waals surface area (Å²) in [7, 11) is 1.52. The van der Waals surface area contributed by atoms with E-state index in [4.69, 9.17) is 10.00 Å². The fraction of sp³-hybridized carbons (Fsp3) is 0.250. The number of nitrogens with zero attached hydrogens (tertiary/aromatic N) is 2. The minimum Gasteiger partial charge on any atom is -0.480 e. The number of halogens is 1. The van der Waals surface area contributed by atoms with Crippen LogP contribution in [0.2, 0.25) is 0 Å². The Kier molecular flexibility index (Phi) is 2.66. The van der Waals surface area contributed by atoms with E-state index in [1.165, 1.54) is 7.11 Å². The third-order valence-electron chi connectivity index (χ3n) is 1.48. The predicted octanol–water partition coefficient (Wildman–Crippen LogP) is 2.03. The van der Waals surface area contributed by atoms with Crippen LogP contribution < -0.4 is 4.74 Å². The highest BCUT2D eigenvalue weighted by Crippen LogP contribution is 2.27. The van der Waals surface area contributed by atoms with Crippen molar-refractivity contribution in [2.45, 2.75) is 6.92 Å². The fourth-order valence-electron chi connectivity index (χ4n) is 0.836. The first-order valence-electron chi connectivity index (χ1n) is 3.30. The van der Waals surface area contributed by atoms with E-state index in [-0.39, 0.29) is 0 Å². The van der Waals surface area contributed by atoms with E-state index in [2.05, 4.69) is 27.0 Å². The zero-order chi connectivity index (χ0) is 9.14. The molecule has 1 rings (SSSR count). The molecule has 3 nitrogen and oxygen atoms in total. The number of pyridine rings is 1. The summed E-state index contributed by atoms with van der Waals surface area (Å²) in [6.45, 7) is 1.83. The number of hydrogen-bond donors (Lipinski definition) is 0. The number of methoxy groups -OCH3 is 1. The summed E-state index contributed by atoms with van der Waals surface area (Å²) >= 11 is 3.24. The molecule has 62 valence electrons. The molecule has 0 aliphatic carbocycles. The molecule has 0 saturated carbocycles. The van der Waals surface area contributed by atoms with Gasteiger partial charge in [0, 0.05) is 6.20 Å². The lowest BCUT2D eigenvalue weighted by Gasteiger charge is -2.04. The summed E-state index contributed by atoms with van der Waals surface area (Å²) in [5.41, 5.74) is 1.41. The summed E-state index contributed by atoms with van der Waals surface area (Å²) in [4.78, 5) is 3.98. The molecule has 1 aromatic rings. The van der Waals surface area contributed by atoms with Crippen molar-refractivity contribution < 1.29 is 4.74 Å². The number of rotatable bonds is 1. The van der Waals surface area contributed by atoms with Crippen LogP contribution in [0.4, 0.5) is 0 Å². The normalized spacial score (nSPS) is 9.17. The summed E-state index contributed by atoms with van der Waals surface area (Å²) in [5.74, 6) is 0.442. The van der Waals surface area contributed by atoms with Gasteiger partial charge in [0.1, 0.15) is 6.07 Å². The topological polar surface area (TPSA) is 45.9 Å². The smallest absolute Gasteiger partial charge is 0.229 e. The molecule has 4 heteroatoms. The summed E-state index contributed by atoms with van der Waals surface area (Å²) in [6.07, 6.45) is 1.61. The maximum absolute atomic E-state index is 8.76. The Balaban J connectivity index is 3.36. The van der Waals surface area contributed by atoms with Crippen LogP contribution in [0.3, 0.4) is 0 Å². The zero-order valence-electron chi connectivity index (χ0n) is 6.76. The lowest BCUT2D eigenvalue weighted by molar-refractivity contribution is 0.394. The van der Waals surface area contributed by atoms with Crippen LogP contribution in [0.5, 0.6) is 5.88 Å². The Bertz CT molecular complexity index is 344. The van der Waals surface area contributed by atoms with Crippen molar-refractivity contribution in [3.8, 4) is 11.9 Å². The number of hydrogen-bond acceptors (Lipinski definition) is 3. The van der Waals surface area contributed by atoms with Gasteiger partial charge in [-0.1, -0.05) is 0 Å². The van der Waals surface area contributed by atoms with E-state index >= 15 is 0 Å². The van der Waals surface area contributed by atoms with Gasteiger partial charge in [0.05, 0.1) is 17.1 Å². The molecule has 12 heavy (non-hydrogen) atoms. The molecule has 0 N–H and O–H groups in total. The lowest BCUT2D eigenvalue weighted by atomic mass is 10.2. The molecule has 0 saturated heterocycles. The van der Waals surface area contributed by atoms with Gasteiger partial charge in [-0.3, -0.25) is 0 Å². The average Bonchev–Trinajstić information content (AvgIpc) is 2.06. The van der Waals surface area contributed by atoms with Crippen LogP contribution in [0, 0.1) is 18.3 Å². The number of aromatic nitrogens is 1. The van der Waals surface area contributed by atoms with E-state index in [9.17, 15) is 0 Å². The van der Waals surface area contributed by atoms with Gasteiger partial charge >= 0.3 is 0 Å². The van der Waals surface area contributed by atoms with Crippen molar-refractivity contribution in [1.29, 1.82) is 5.26 Å². The third kappa shape index (κ3) is 1.41. The largest absolute Gasteiger partial charge is 0.480 e. The fourth-order valence-corrected chi connectivity index (χ4v) is 1.50. The molecule has 0 aliphatic heterocycles. The molecular weight excluding hydrogens is 220 g/mol.